The number of carboxylic acid groups (broad SMARTS) is 1. The molecule has 104 valence electrons. The van der Waals surface area contributed by atoms with Crippen molar-refractivity contribution in [2.75, 3.05) is 7.05 Å². The van der Waals surface area contributed by atoms with Crippen LogP contribution in [0.3, 0.4) is 0 Å². The maximum atomic E-state index is 11.9. The molecule has 5 nitrogen and oxygen atoms in total. The Morgan fingerprint density at radius 2 is 2.00 bits per heavy atom. The smallest absolute Gasteiger partial charge is 0.325 e. The zero-order valence-electron chi connectivity index (χ0n) is 11.1. The monoisotopic (exact) mass is 284 g/mol. The van der Waals surface area contributed by atoms with Gasteiger partial charge in [-0.3, -0.25) is 4.79 Å². The third kappa shape index (κ3) is 4.13. The van der Waals surface area contributed by atoms with Gasteiger partial charge in [-0.05, 0) is 31.5 Å². The number of carboxylic acids is 1. The second-order valence-corrected chi connectivity index (χ2v) is 4.79. The Hall–Kier alpha value is -1.75. The van der Waals surface area contributed by atoms with E-state index in [1.807, 2.05) is 13.0 Å². The zero-order valence-corrected chi connectivity index (χ0v) is 11.8. The third-order valence-electron chi connectivity index (χ3n) is 2.94. The molecule has 0 aliphatic carbocycles. The molecule has 0 radical (unpaired) electrons. The van der Waals surface area contributed by atoms with E-state index in [2.05, 4.69) is 5.32 Å². The Kier molecular flexibility index (Phi) is 5.18. The Bertz CT molecular complexity index is 479. The fourth-order valence-electron chi connectivity index (χ4n) is 1.51. The number of rotatable bonds is 4. The number of nitrogens with zero attached hydrogens (tertiary/aromatic N) is 1. The van der Waals surface area contributed by atoms with E-state index in [0.29, 0.717) is 5.02 Å². The second-order valence-electron chi connectivity index (χ2n) is 4.35. The Balaban J connectivity index is 2.74. The fraction of sp³-hybridized carbons (Fsp3) is 0.385. The molecule has 2 atom stereocenters. The SMILES string of the molecule is CC(c1cccc(Cl)c1)N(C)C(=O)N[C@@H](C)C(=O)O. The van der Waals surface area contributed by atoms with E-state index in [9.17, 15) is 9.59 Å². The summed E-state index contributed by atoms with van der Waals surface area (Å²) in [5, 5.41) is 11.7. The molecule has 0 fully saturated rings. The molecule has 0 spiro atoms. The quantitative estimate of drug-likeness (QED) is 0.892. The molecular weight excluding hydrogens is 268 g/mol. The highest BCUT2D eigenvalue weighted by Crippen LogP contribution is 2.21. The van der Waals surface area contributed by atoms with Gasteiger partial charge in [0.25, 0.3) is 0 Å². The standard InChI is InChI=1S/C13H17ClN2O3/c1-8(12(17)18)15-13(19)16(3)9(2)10-5-4-6-11(14)7-10/h4-9H,1-3H3,(H,15,19)(H,17,18)/t8-,9?/m0/s1. The van der Waals surface area contributed by atoms with Gasteiger partial charge in [0.2, 0.25) is 0 Å². The first-order valence-electron chi connectivity index (χ1n) is 5.84. The van der Waals surface area contributed by atoms with Crippen LogP contribution in [0.25, 0.3) is 0 Å². The molecule has 0 saturated heterocycles. The highest BCUT2D eigenvalue weighted by molar-refractivity contribution is 6.30. The first-order valence-corrected chi connectivity index (χ1v) is 6.22. The molecule has 0 bridgehead atoms. The van der Waals surface area contributed by atoms with Gasteiger partial charge in [-0.25, -0.2) is 4.79 Å². The Labute approximate surface area is 117 Å². The van der Waals surface area contributed by atoms with Crippen molar-refractivity contribution in [2.45, 2.75) is 25.9 Å². The van der Waals surface area contributed by atoms with Gasteiger partial charge in [0.05, 0.1) is 6.04 Å². The summed E-state index contributed by atoms with van der Waals surface area (Å²) in [6.45, 7) is 3.26. The first kappa shape index (κ1) is 15.3. The van der Waals surface area contributed by atoms with Gasteiger partial charge in [0.1, 0.15) is 6.04 Å². The van der Waals surface area contributed by atoms with Crippen molar-refractivity contribution < 1.29 is 14.7 Å². The lowest BCUT2D eigenvalue weighted by Crippen LogP contribution is -2.45. The summed E-state index contributed by atoms with van der Waals surface area (Å²) in [5.74, 6) is -1.07. The molecule has 0 aliphatic heterocycles. The zero-order chi connectivity index (χ0) is 14.6. The molecule has 2 amide bonds. The van der Waals surface area contributed by atoms with E-state index in [4.69, 9.17) is 16.7 Å². The van der Waals surface area contributed by atoms with E-state index in [1.54, 1.807) is 25.2 Å². The maximum Gasteiger partial charge on any atom is 0.325 e. The van der Waals surface area contributed by atoms with Gasteiger partial charge in [0, 0.05) is 12.1 Å². The lowest BCUT2D eigenvalue weighted by Gasteiger charge is -2.26. The van der Waals surface area contributed by atoms with Gasteiger partial charge in [-0.15, -0.1) is 0 Å². The van der Waals surface area contributed by atoms with E-state index >= 15 is 0 Å². The fourth-order valence-corrected chi connectivity index (χ4v) is 1.71. The van der Waals surface area contributed by atoms with Crippen LogP contribution in [0.1, 0.15) is 25.5 Å². The van der Waals surface area contributed by atoms with Crippen molar-refractivity contribution in [1.82, 2.24) is 10.2 Å². The number of hydrogen-bond acceptors (Lipinski definition) is 2. The largest absolute Gasteiger partial charge is 0.480 e. The van der Waals surface area contributed by atoms with E-state index in [1.165, 1.54) is 11.8 Å². The predicted octanol–water partition coefficient (Wildman–Crippen LogP) is 2.52. The molecular formula is C13H17ClN2O3. The number of nitrogens with one attached hydrogen (secondary N) is 1. The van der Waals surface area contributed by atoms with Gasteiger partial charge >= 0.3 is 12.0 Å². The summed E-state index contributed by atoms with van der Waals surface area (Å²) in [7, 11) is 1.61. The molecule has 1 aromatic carbocycles. The summed E-state index contributed by atoms with van der Waals surface area (Å²) in [4.78, 5) is 24.0. The van der Waals surface area contributed by atoms with Crippen molar-refractivity contribution in [2.24, 2.45) is 0 Å². The average Bonchev–Trinajstić information content (AvgIpc) is 2.36. The van der Waals surface area contributed by atoms with Crippen molar-refractivity contribution in [1.29, 1.82) is 0 Å². The number of benzene rings is 1. The highest BCUT2D eigenvalue weighted by atomic mass is 35.5. The molecule has 0 saturated carbocycles. The summed E-state index contributed by atoms with van der Waals surface area (Å²) in [6.07, 6.45) is 0. The van der Waals surface area contributed by atoms with Gasteiger partial charge in [-0.1, -0.05) is 23.7 Å². The molecule has 6 heteroatoms. The predicted molar refractivity (Wildman–Crippen MR) is 73.3 cm³/mol. The number of carbonyl (C=O) groups is 2. The summed E-state index contributed by atoms with van der Waals surface area (Å²) in [5.41, 5.74) is 0.883. The minimum absolute atomic E-state index is 0.209. The summed E-state index contributed by atoms with van der Waals surface area (Å²) >= 11 is 5.90. The maximum absolute atomic E-state index is 11.9. The summed E-state index contributed by atoms with van der Waals surface area (Å²) in [6, 6.07) is 5.62. The number of hydrogen-bond donors (Lipinski definition) is 2. The number of amides is 2. The Morgan fingerprint density at radius 1 is 1.37 bits per heavy atom. The average molecular weight is 285 g/mol. The normalized spacial score (nSPS) is 13.5. The van der Waals surface area contributed by atoms with Crippen molar-refractivity contribution in [3.05, 3.63) is 34.9 Å². The van der Waals surface area contributed by atoms with Crippen molar-refractivity contribution in [3.8, 4) is 0 Å². The van der Waals surface area contributed by atoms with Gasteiger partial charge in [-0.2, -0.15) is 0 Å². The second kappa shape index (κ2) is 6.43. The molecule has 1 aromatic rings. The molecule has 0 aliphatic rings. The van der Waals surface area contributed by atoms with Crippen LogP contribution < -0.4 is 5.32 Å². The van der Waals surface area contributed by atoms with Crippen LogP contribution in [0.15, 0.2) is 24.3 Å². The molecule has 1 unspecified atom stereocenters. The van der Waals surface area contributed by atoms with Gasteiger partial charge in [0.15, 0.2) is 0 Å². The number of halogens is 1. The van der Waals surface area contributed by atoms with E-state index in [-0.39, 0.29) is 6.04 Å². The molecule has 1 rings (SSSR count). The highest BCUT2D eigenvalue weighted by Gasteiger charge is 2.21. The van der Waals surface area contributed by atoms with Crippen LogP contribution >= 0.6 is 11.6 Å². The number of aliphatic carboxylic acids is 1. The first-order chi connectivity index (χ1) is 8.82. The van der Waals surface area contributed by atoms with Gasteiger partial charge < -0.3 is 15.3 Å². The number of urea groups is 1. The minimum atomic E-state index is -1.07. The third-order valence-corrected chi connectivity index (χ3v) is 3.18. The minimum Gasteiger partial charge on any atom is -0.480 e. The van der Waals surface area contributed by atoms with Crippen LogP contribution in [0.4, 0.5) is 4.79 Å². The lowest BCUT2D eigenvalue weighted by molar-refractivity contribution is -0.138. The van der Waals surface area contributed by atoms with E-state index < -0.39 is 18.0 Å². The molecule has 2 N–H and O–H groups in total. The van der Waals surface area contributed by atoms with Crippen molar-refractivity contribution in [3.63, 3.8) is 0 Å². The van der Waals surface area contributed by atoms with Crippen LogP contribution in [0.2, 0.25) is 5.02 Å². The molecule has 0 heterocycles. The summed E-state index contributed by atoms with van der Waals surface area (Å²) < 4.78 is 0. The van der Waals surface area contributed by atoms with Crippen molar-refractivity contribution >= 4 is 23.6 Å². The van der Waals surface area contributed by atoms with Crippen LogP contribution in [-0.2, 0) is 4.79 Å². The van der Waals surface area contributed by atoms with Crippen LogP contribution in [0, 0.1) is 0 Å². The number of carbonyl (C=O) groups excluding carboxylic acids is 1. The molecule has 19 heavy (non-hydrogen) atoms. The topological polar surface area (TPSA) is 69.6 Å². The van der Waals surface area contributed by atoms with Crippen LogP contribution in [-0.4, -0.2) is 35.1 Å². The van der Waals surface area contributed by atoms with E-state index in [0.717, 1.165) is 5.56 Å². The Morgan fingerprint density at radius 3 is 2.53 bits per heavy atom. The lowest BCUT2D eigenvalue weighted by atomic mass is 10.1. The van der Waals surface area contributed by atoms with Crippen LogP contribution in [0.5, 0.6) is 0 Å². The molecule has 0 aromatic heterocycles.